The fourth-order valence-electron chi connectivity index (χ4n) is 0.815. The van der Waals surface area contributed by atoms with Crippen molar-refractivity contribution in [2.45, 2.75) is 6.18 Å². The van der Waals surface area contributed by atoms with Crippen molar-refractivity contribution in [3.05, 3.63) is 29.8 Å². The van der Waals surface area contributed by atoms with E-state index < -0.39 is 18.5 Å². The number of alkyl halides is 3. The van der Waals surface area contributed by atoms with Crippen LogP contribution >= 0.6 is 0 Å². The quantitative estimate of drug-likeness (QED) is 0.726. The van der Waals surface area contributed by atoms with Crippen molar-refractivity contribution in [3.63, 3.8) is 0 Å². The maximum Gasteiger partial charge on any atom is 0.416 e. The Morgan fingerprint density at radius 3 is 2.08 bits per heavy atom. The first kappa shape index (κ1) is 9.85. The van der Waals surface area contributed by atoms with Crippen LogP contribution in [0.5, 0.6) is 5.75 Å². The third-order valence-electron chi connectivity index (χ3n) is 1.41. The molecule has 1 rings (SSSR count). The smallest absolute Gasteiger partial charge is 0.416 e. The number of ether oxygens (including phenoxy) is 1. The van der Waals surface area contributed by atoms with Gasteiger partial charge in [-0.05, 0) is 24.3 Å². The summed E-state index contributed by atoms with van der Waals surface area (Å²) in [4.78, 5) is 0. The second kappa shape index (κ2) is 3.66. The lowest BCUT2D eigenvalue weighted by atomic mass is 10.2. The number of benzene rings is 1. The molecule has 0 spiro atoms. The highest BCUT2D eigenvalue weighted by Gasteiger charge is 2.29. The Kier molecular flexibility index (Phi) is 2.77. The molecule has 0 bridgehead atoms. The molecule has 13 heavy (non-hydrogen) atoms. The molecule has 0 saturated heterocycles. The van der Waals surface area contributed by atoms with Crippen LogP contribution in [-0.2, 0) is 6.18 Å². The van der Waals surface area contributed by atoms with E-state index in [1.165, 1.54) is 0 Å². The minimum atomic E-state index is -4.34. The molecule has 0 aliphatic rings. The zero-order valence-corrected chi connectivity index (χ0v) is 6.51. The molecular weight excluding hydrogens is 185 g/mol. The molecule has 0 radical (unpaired) electrons. The molecule has 2 nitrogen and oxygen atoms in total. The van der Waals surface area contributed by atoms with Gasteiger partial charge in [0.15, 0.2) is 6.79 Å². The van der Waals surface area contributed by atoms with E-state index in [1.54, 1.807) is 0 Å². The van der Waals surface area contributed by atoms with Crippen molar-refractivity contribution in [3.8, 4) is 5.75 Å². The molecule has 0 aliphatic carbocycles. The van der Waals surface area contributed by atoms with Crippen molar-refractivity contribution < 1.29 is 23.0 Å². The van der Waals surface area contributed by atoms with Gasteiger partial charge in [0, 0.05) is 0 Å². The van der Waals surface area contributed by atoms with Crippen molar-refractivity contribution in [1.29, 1.82) is 0 Å². The van der Waals surface area contributed by atoms with Crippen LogP contribution in [0.2, 0.25) is 0 Å². The Morgan fingerprint density at radius 2 is 1.69 bits per heavy atom. The standard InChI is InChI=1S/C8H7F3O2/c9-8(10,11)6-1-3-7(4-2-6)13-5-12/h1-4,12H,5H2. The summed E-state index contributed by atoms with van der Waals surface area (Å²) in [5, 5.41) is 8.30. The summed E-state index contributed by atoms with van der Waals surface area (Å²) in [5.41, 5.74) is -0.738. The van der Waals surface area contributed by atoms with Crippen molar-refractivity contribution in [1.82, 2.24) is 0 Å². The summed E-state index contributed by atoms with van der Waals surface area (Å²) >= 11 is 0. The van der Waals surface area contributed by atoms with Crippen LogP contribution in [0.25, 0.3) is 0 Å². The summed E-state index contributed by atoms with van der Waals surface area (Å²) in [5.74, 6) is 0.204. The van der Waals surface area contributed by atoms with Crippen LogP contribution in [0.1, 0.15) is 5.56 Å². The Bertz CT molecular complexity index is 266. The first-order chi connectivity index (χ1) is 6.04. The normalized spacial score (nSPS) is 11.4. The summed E-state index contributed by atoms with van der Waals surface area (Å²) in [6, 6.07) is 4.09. The third kappa shape index (κ3) is 2.62. The lowest BCUT2D eigenvalue weighted by Crippen LogP contribution is -2.04. The molecule has 0 atom stereocenters. The second-order valence-electron chi connectivity index (χ2n) is 2.30. The molecule has 0 aromatic heterocycles. The van der Waals surface area contributed by atoms with Crippen LogP contribution in [-0.4, -0.2) is 11.9 Å². The van der Waals surface area contributed by atoms with Gasteiger partial charge in [-0.3, -0.25) is 0 Å². The van der Waals surface area contributed by atoms with E-state index in [1.807, 2.05) is 0 Å². The first-order valence-electron chi connectivity index (χ1n) is 3.45. The average molecular weight is 192 g/mol. The van der Waals surface area contributed by atoms with E-state index in [9.17, 15) is 13.2 Å². The van der Waals surface area contributed by atoms with Crippen LogP contribution in [0.3, 0.4) is 0 Å². The van der Waals surface area contributed by atoms with Crippen LogP contribution in [0, 0.1) is 0 Å². The van der Waals surface area contributed by atoms with Gasteiger partial charge in [-0.25, -0.2) is 0 Å². The van der Waals surface area contributed by atoms with E-state index >= 15 is 0 Å². The van der Waals surface area contributed by atoms with Crippen LogP contribution in [0.4, 0.5) is 13.2 Å². The average Bonchev–Trinajstić information content (AvgIpc) is 2.04. The maximum absolute atomic E-state index is 12.0. The zero-order chi connectivity index (χ0) is 9.90. The third-order valence-corrected chi connectivity index (χ3v) is 1.41. The Hall–Kier alpha value is -1.23. The van der Waals surface area contributed by atoms with Gasteiger partial charge in [-0.2, -0.15) is 13.2 Å². The highest BCUT2D eigenvalue weighted by molar-refractivity contribution is 5.28. The number of aliphatic hydroxyl groups excluding tert-OH is 1. The molecule has 1 aromatic rings. The number of hydrogen-bond donors (Lipinski definition) is 1. The second-order valence-corrected chi connectivity index (χ2v) is 2.30. The summed E-state index contributed by atoms with van der Waals surface area (Å²) in [6.07, 6.45) is -4.34. The number of aliphatic hydroxyl groups is 1. The monoisotopic (exact) mass is 192 g/mol. The molecule has 0 aliphatic heterocycles. The first-order valence-corrected chi connectivity index (χ1v) is 3.45. The van der Waals surface area contributed by atoms with Gasteiger partial charge < -0.3 is 9.84 Å². The Labute approximate surface area is 72.6 Å². The van der Waals surface area contributed by atoms with Gasteiger partial charge in [0.1, 0.15) is 5.75 Å². The highest BCUT2D eigenvalue weighted by Crippen LogP contribution is 2.30. The molecule has 1 N–H and O–H groups in total. The Balaban J connectivity index is 2.81. The zero-order valence-electron chi connectivity index (χ0n) is 6.51. The molecule has 0 heterocycles. The van der Waals surface area contributed by atoms with Gasteiger partial charge in [0.2, 0.25) is 0 Å². The Morgan fingerprint density at radius 1 is 1.15 bits per heavy atom. The van der Waals surface area contributed by atoms with E-state index in [-0.39, 0.29) is 5.75 Å². The van der Waals surface area contributed by atoms with E-state index in [0.717, 1.165) is 24.3 Å². The van der Waals surface area contributed by atoms with Gasteiger partial charge in [-0.15, -0.1) is 0 Å². The van der Waals surface area contributed by atoms with Crippen LogP contribution in [0.15, 0.2) is 24.3 Å². The summed E-state index contributed by atoms with van der Waals surface area (Å²) in [6.45, 7) is -0.550. The minimum absolute atomic E-state index is 0.204. The number of rotatable bonds is 2. The van der Waals surface area contributed by atoms with Gasteiger partial charge in [0.25, 0.3) is 0 Å². The molecule has 0 unspecified atom stereocenters. The summed E-state index contributed by atoms with van der Waals surface area (Å²) < 4.78 is 40.6. The van der Waals surface area contributed by atoms with Gasteiger partial charge in [-0.1, -0.05) is 0 Å². The highest BCUT2D eigenvalue weighted by atomic mass is 19.4. The van der Waals surface area contributed by atoms with E-state index in [2.05, 4.69) is 4.74 Å². The fraction of sp³-hybridized carbons (Fsp3) is 0.250. The molecule has 1 aromatic carbocycles. The lowest BCUT2D eigenvalue weighted by Gasteiger charge is -2.07. The molecule has 5 heteroatoms. The van der Waals surface area contributed by atoms with E-state index in [4.69, 9.17) is 5.11 Å². The van der Waals surface area contributed by atoms with Crippen molar-refractivity contribution >= 4 is 0 Å². The number of hydrogen-bond acceptors (Lipinski definition) is 2. The van der Waals surface area contributed by atoms with E-state index in [0.29, 0.717) is 0 Å². The fourth-order valence-corrected chi connectivity index (χ4v) is 0.815. The maximum atomic E-state index is 12.0. The van der Waals surface area contributed by atoms with Gasteiger partial charge in [0.05, 0.1) is 5.56 Å². The SMILES string of the molecule is OCOc1ccc(C(F)(F)F)cc1. The van der Waals surface area contributed by atoms with Gasteiger partial charge >= 0.3 is 6.18 Å². The topological polar surface area (TPSA) is 29.5 Å². The number of halogens is 3. The lowest BCUT2D eigenvalue weighted by molar-refractivity contribution is -0.137. The predicted octanol–water partition coefficient (Wildman–Crippen LogP) is 2.03. The molecular formula is C8H7F3O2. The predicted molar refractivity (Wildman–Crippen MR) is 39.2 cm³/mol. The molecule has 72 valence electrons. The largest absolute Gasteiger partial charge is 0.468 e. The van der Waals surface area contributed by atoms with Crippen molar-refractivity contribution in [2.75, 3.05) is 6.79 Å². The molecule has 0 saturated carbocycles. The molecule has 0 amide bonds. The summed E-state index contributed by atoms with van der Waals surface area (Å²) in [7, 11) is 0. The molecule has 0 fully saturated rings. The van der Waals surface area contributed by atoms with Crippen LogP contribution < -0.4 is 4.74 Å². The van der Waals surface area contributed by atoms with Crippen molar-refractivity contribution in [2.24, 2.45) is 0 Å². The minimum Gasteiger partial charge on any atom is -0.468 e.